The number of carbonyl (C=O) groups is 1. The van der Waals surface area contributed by atoms with E-state index in [0.717, 1.165) is 10.0 Å². The molecule has 2 atom stereocenters. The van der Waals surface area contributed by atoms with Crippen LogP contribution in [0.3, 0.4) is 0 Å². The van der Waals surface area contributed by atoms with Crippen LogP contribution in [0.15, 0.2) is 40.9 Å². The number of hydrogen-bond donors (Lipinski definition) is 1. The Morgan fingerprint density at radius 2 is 1.93 bits per heavy atom. The first kappa shape index (κ1) is 10.4. The predicted molar refractivity (Wildman–Crippen MR) is 63.6 cm³/mol. The van der Waals surface area contributed by atoms with Crippen molar-refractivity contribution < 1.29 is 4.79 Å². The maximum absolute atomic E-state index is 11.4. The molecule has 1 aliphatic heterocycles. The second-order valence-corrected chi connectivity index (χ2v) is 4.73. The molecule has 78 valence electrons. The van der Waals surface area contributed by atoms with Crippen molar-refractivity contribution in [3.8, 4) is 0 Å². The summed E-state index contributed by atoms with van der Waals surface area (Å²) in [5.74, 6) is 0.0704. The Hall–Kier alpha value is -1.09. The van der Waals surface area contributed by atoms with Crippen LogP contribution in [0.1, 0.15) is 18.4 Å². The molecule has 1 amide bonds. The van der Waals surface area contributed by atoms with Crippen molar-refractivity contribution >= 4 is 21.8 Å². The molecule has 0 unspecified atom stereocenters. The Balaban J connectivity index is 2.35. The van der Waals surface area contributed by atoms with Gasteiger partial charge in [0.25, 0.3) is 0 Å². The SMILES string of the molecule is C=C1C(=O)N[C@@H](C)[C@@H]1c1ccc(Br)cc1. The van der Waals surface area contributed by atoms with Crippen LogP contribution in [0.4, 0.5) is 0 Å². The lowest BCUT2D eigenvalue weighted by molar-refractivity contribution is -0.116. The van der Waals surface area contributed by atoms with Gasteiger partial charge in [0, 0.05) is 22.0 Å². The van der Waals surface area contributed by atoms with E-state index < -0.39 is 0 Å². The highest BCUT2D eigenvalue weighted by molar-refractivity contribution is 9.10. The van der Waals surface area contributed by atoms with Crippen LogP contribution < -0.4 is 5.32 Å². The van der Waals surface area contributed by atoms with Gasteiger partial charge in [0.1, 0.15) is 0 Å². The first-order chi connectivity index (χ1) is 7.09. The number of carbonyl (C=O) groups excluding carboxylic acids is 1. The Morgan fingerprint density at radius 3 is 2.40 bits per heavy atom. The van der Waals surface area contributed by atoms with Gasteiger partial charge >= 0.3 is 0 Å². The maximum Gasteiger partial charge on any atom is 0.247 e. The first-order valence-electron chi connectivity index (χ1n) is 4.84. The molecular weight excluding hydrogens is 254 g/mol. The highest BCUT2D eigenvalue weighted by Gasteiger charge is 2.33. The average molecular weight is 266 g/mol. The molecule has 1 aromatic carbocycles. The van der Waals surface area contributed by atoms with E-state index in [0.29, 0.717) is 5.57 Å². The van der Waals surface area contributed by atoms with Gasteiger partial charge in [-0.2, -0.15) is 0 Å². The van der Waals surface area contributed by atoms with E-state index in [1.165, 1.54) is 0 Å². The van der Waals surface area contributed by atoms with Gasteiger partial charge < -0.3 is 5.32 Å². The van der Waals surface area contributed by atoms with Crippen LogP contribution in [0, 0.1) is 0 Å². The third-order valence-electron chi connectivity index (χ3n) is 2.75. The van der Waals surface area contributed by atoms with E-state index in [1.807, 2.05) is 31.2 Å². The van der Waals surface area contributed by atoms with Crippen molar-refractivity contribution in [2.75, 3.05) is 0 Å². The maximum atomic E-state index is 11.4. The zero-order chi connectivity index (χ0) is 11.0. The van der Waals surface area contributed by atoms with Crippen molar-refractivity contribution in [3.63, 3.8) is 0 Å². The minimum absolute atomic E-state index is 0.0320. The monoisotopic (exact) mass is 265 g/mol. The van der Waals surface area contributed by atoms with Crippen molar-refractivity contribution in [1.82, 2.24) is 5.32 Å². The van der Waals surface area contributed by atoms with E-state index in [1.54, 1.807) is 0 Å². The predicted octanol–water partition coefficient (Wildman–Crippen LogP) is 2.61. The molecule has 3 heteroatoms. The number of rotatable bonds is 1. The van der Waals surface area contributed by atoms with Crippen LogP contribution in [0.25, 0.3) is 0 Å². The molecule has 1 heterocycles. The van der Waals surface area contributed by atoms with Crippen LogP contribution >= 0.6 is 15.9 Å². The molecule has 0 saturated carbocycles. The fraction of sp³-hybridized carbons (Fsp3) is 0.250. The topological polar surface area (TPSA) is 29.1 Å². The van der Waals surface area contributed by atoms with Crippen LogP contribution in [0.5, 0.6) is 0 Å². The van der Waals surface area contributed by atoms with Crippen molar-refractivity contribution in [2.24, 2.45) is 0 Å². The minimum atomic E-state index is -0.0320. The summed E-state index contributed by atoms with van der Waals surface area (Å²) in [5.41, 5.74) is 1.79. The molecule has 1 N–H and O–H groups in total. The molecule has 0 radical (unpaired) electrons. The molecule has 2 nitrogen and oxygen atoms in total. The second kappa shape index (κ2) is 3.81. The summed E-state index contributed by atoms with van der Waals surface area (Å²) >= 11 is 3.39. The largest absolute Gasteiger partial charge is 0.349 e. The lowest BCUT2D eigenvalue weighted by Gasteiger charge is -2.15. The first-order valence-corrected chi connectivity index (χ1v) is 5.64. The molecule has 0 aliphatic carbocycles. The zero-order valence-corrected chi connectivity index (χ0v) is 10.0. The summed E-state index contributed by atoms with van der Waals surface area (Å²) in [5, 5.41) is 2.88. The van der Waals surface area contributed by atoms with Crippen molar-refractivity contribution in [3.05, 3.63) is 46.5 Å². The summed E-state index contributed by atoms with van der Waals surface area (Å²) < 4.78 is 1.04. The van der Waals surface area contributed by atoms with E-state index in [2.05, 4.69) is 27.8 Å². The fourth-order valence-corrected chi connectivity index (χ4v) is 2.25. The van der Waals surface area contributed by atoms with Gasteiger partial charge in [0.15, 0.2) is 0 Å². The summed E-state index contributed by atoms with van der Waals surface area (Å²) in [6, 6.07) is 8.15. The Bertz CT molecular complexity index is 410. The molecule has 1 saturated heterocycles. The Labute approximate surface area is 97.5 Å². The van der Waals surface area contributed by atoms with E-state index in [4.69, 9.17) is 0 Å². The van der Waals surface area contributed by atoms with Crippen molar-refractivity contribution in [2.45, 2.75) is 18.9 Å². The quantitative estimate of drug-likeness (QED) is 0.778. The third kappa shape index (κ3) is 1.84. The summed E-state index contributed by atoms with van der Waals surface area (Å²) in [7, 11) is 0. The second-order valence-electron chi connectivity index (χ2n) is 3.82. The molecule has 0 aromatic heterocycles. The number of amides is 1. The Morgan fingerprint density at radius 1 is 1.33 bits per heavy atom. The molecular formula is C12H12BrNO. The lowest BCUT2D eigenvalue weighted by Crippen LogP contribution is -2.24. The standard InChI is InChI=1S/C12H12BrNO/c1-7-11(8(2)14-12(7)15)9-3-5-10(13)6-4-9/h3-6,8,11H,1H2,2H3,(H,14,15)/t8-,11+/m0/s1. The van der Waals surface area contributed by atoms with Gasteiger partial charge in [-0.1, -0.05) is 34.6 Å². The molecule has 1 fully saturated rings. The molecule has 1 aliphatic rings. The van der Waals surface area contributed by atoms with Crippen LogP contribution in [-0.4, -0.2) is 11.9 Å². The molecule has 2 rings (SSSR count). The summed E-state index contributed by atoms with van der Waals surface area (Å²) in [6.07, 6.45) is 0. The third-order valence-corrected chi connectivity index (χ3v) is 3.28. The van der Waals surface area contributed by atoms with Gasteiger partial charge in [-0.25, -0.2) is 0 Å². The summed E-state index contributed by atoms with van der Waals surface area (Å²) in [6.45, 7) is 5.84. The highest BCUT2D eigenvalue weighted by Crippen LogP contribution is 2.32. The number of halogens is 1. The lowest BCUT2D eigenvalue weighted by atomic mass is 9.90. The zero-order valence-electron chi connectivity index (χ0n) is 8.46. The smallest absolute Gasteiger partial charge is 0.247 e. The molecule has 0 bridgehead atoms. The van der Waals surface area contributed by atoms with Gasteiger partial charge in [-0.05, 0) is 24.6 Å². The summed E-state index contributed by atoms with van der Waals surface area (Å²) in [4.78, 5) is 11.4. The Kier molecular flexibility index (Phi) is 2.65. The normalized spacial score (nSPS) is 25.5. The van der Waals surface area contributed by atoms with E-state index in [9.17, 15) is 4.79 Å². The van der Waals surface area contributed by atoms with E-state index in [-0.39, 0.29) is 17.9 Å². The van der Waals surface area contributed by atoms with Crippen LogP contribution in [0.2, 0.25) is 0 Å². The highest BCUT2D eigenvalue weighted by atomic mass is 79.9. The van der Waals surface area contributed by atoms with E-state index >= 15 is 0 Å². The average Bonchev–Trinajstić information content (AvgIpc) is 2.44. The van der Waals surface area contributed by atoms with Gasteiger partial charge in [-0.3, -0.25) is 4.79 Å². The molecule has 15 heavy (non-hydrogen) atoms. The molecule has 0 spiro atoms. The van der Waals surface area contributed by atoms with Gasteiger partial charge in [-0.15, -0.1) is 0 Å². The van der Waals surface area contributed by atoms with Gasteiger partial charge in [0.2, 0.25) is 5.91 Å². The fourth-order valence-electron chi connectivity index (χ4n) is 1.99. The number of hydrogen-bond acceptors (Lipinski definition) is 1. The number of nitrogens with one attached hydrogen (secondary N) is 1. The van der Waals surface area contributed by atoms with Crippen LogP contribution in [-0.2, 0) is 4.79 Å². The van der Waals surface area contributed by atoms with Crippen molar-refractivity contribution in [1.29, 1.82) is 0 Å². The molecule has 1 aromatic rings. The number of benzene rings is 1. The van der Waals surface area contributed by atoms with Gasteiger partial charge in [0.05, 0.1) is 0 Å². The minimum Gasteiger partial charge on any atom is -0.349 e.